The lowest BCUT2D eigenvalue weighted by atomic mass is 9.80. The Labute approximate surface area is 186 Å². The number of nitrogens with two attached hydrogens (primary N) is 1. The zero-order valence-corrected chi connectivity index (χ0v) is 18.6. The molecule has 0 aliphatic heterocycles. The van der Waals surface area contributed by atoms with Crippen molar-refractivity contribution in [2.24, 2.45) is 11.7 Å². The van der Waals surface area contributed by atoms with Gasteiger partial charge in [0.25, 0.3) is 0 Å². The van der Waals surface area contributed by atoms with Crippen LogP contribution in [0.4, 0.5) is 13.2 Å². The molecule has 2 fully saturated rings. The molecule has 2 aliphatic carbocycles. The number of halogens is 3. The smallest absolute Gasteiger partial charge is 0.416 e. The van der Waals surface area contributed by atoms with E-state index >= 15 is 0 Å². The maximum Gasteiger partial charge on any atom is 0.416 e. The first kappa shape index (κ1) is 24.4. The third-order valence-electron chi connectivity index (χ3n) is 6.79. The van der Waals surface area contributed by atoms with Crippen molar-refractivity contribution in [1.82, 2.24) is 10.2 Å². The van der Waals surface area contributed by atoms with Crippen molar-refractivity contribution in [2.45, 2.75) is 75.7 Å². The number of hydrogen-bond donors (Lipinski definition) is 2. The normalized spacial score (nSPS) is 22.6. The summed E-state index contributed by atoms with van der Waals surface area (Å²) in [5.41, 5.74) is 5.66. The summed E-state index contributed by atoms with van der Waals surface area (Å²) >= 11 is 0. The summed E-state index contributed by atoms with van der Waals surface area (Å²) in [5.74, 6) is -0.208. The fourth-order valence-corrected chi connectivity index (χ4v) is 4.52. The zero-order valence-electron chi connectivity index (χ0n) is 18.6. The SMILES string of the molecule is COc1cc(CC(=O)NC2CCC([C@H](N)C(=O)N(C)C3CCC3)CC2)cc(C(F)(F)F)c1. The molecule has 9 heteroatoms. The van der Waals surface area contributed by atoms with Crippen LogP contribution < -0.4 is 15.8 Å². The lowest BCUT2D eigenvalue weighted by molar-refractivity contribution is -0.138. The van der Waals surface area contributed by atoms with Crippen molar-refractivity contribution >= 4 is 11.8 Å². The van der Waals surface area contributed by atoms with E-state index in [-0.39, 0.29) is 41.5 Å². The minimum atomic E-state index is -4.51. The highest BCUT2D eigenvalue weighted by atomic mass is 19.4. The van der Waals surface area contributed by atoms with E-state index in [1.165, 1.54) is 13.2 Å². The Morgan fingerprint density at radius 1 is 1.16 bits per heavy atom. The van der Waals surface area contributed by atoms with Crippen LogP contribution in [0.3, 0.4) is 0 Å². The third-order valence-corrected chi connectivity index (χ3v) is 6.79. The van der Waals surface area contributed by atoms with Gasteiger partial charge in [0.05, 0.1) is 25.1 Å². The molecule has 32 heavy (non-hydrogen) atoms. The van der Waals surface area contributed by atoms with Gasteiger partial charge >= 0.3 is 6.18 Å². The van der Waals surface area contributed by atoms with Crippen LogP contribution in [-0.2, 0) is 22.2 Å². The van der Waals surface area contributed by atoms with Crippen LogP contribution in [0.2, 0.25) is 0 Å². The van der Waals surface area contributed by atoms with Gasteiger partial charge in [-0.25, -0.2) is 0 Å². The monoisotopic (exact) mass is 455 g/mol. The van der Waals surface area contributed by atoms with Crippen LogP contribution >= 0.6 is 0 Å². The number of carbonyl (C=O) groups is 2. The largest absolute Gasteiger partial charge is 0.497 e. The molecule has 0 aromatic heterocycles. The third kappa shape index (κ3) is 5.94. The van der Waals surface area contributed by atoms with E-state index in [9.17, 15) is 22.8 Å². The predicted molar refractivity (Wildman–Crippen MR) is 114 cm³/mol. The van der Waals surface area contributed by atoms with Crippen LogP contribution in [0.15, 0.2) is 18.2 Å². The van der Waals surface area contributed by atoms with E-state index < -0.39 is 17.8 Å². The average molecular weight is 456 g/mol. The van der Waals surface area contributed by atoms with Crippen molar-refractivity contribution in [1.29, 1.82) is 0 Å². The van der Waals surface area contributed by atoms with Gasteiger partial charge in [-0.05, 0) is 74.6 Å². The topological polar surface area (TPSA) is 84.7 Å². The lowest BCUT2D eigenvalue weighted by Gasteiger charge is -2.38. The Bertz CT molecular complexity index is 818. The highest BCUT2D eigenvalue weighted by molar-refractivity contribution is 5.82. The molecule has 0 saturated heterocycles. The number of hydrogen-bond acceptors (Lipinski definition) is 4. The van der Waals surface area contributed by atoms with Crippen LogP contribution in [0, 0.1) is 5.92 Å². The molecule has 1 aromatic rings. The number of amides is 2. The molecule has 6 nitrogen and oxygen atoms in total. The molecule has 0 unspecified atom stereocenters. The number of alkyl halides is 3. The van der Waals surface area contributed by atoms with Crippen molar-refractivity contribution in [2.75, 3.05) is 14.2 Å². The average Bonchev–Trinajstić information content (AvgIpc) is 2.70. The quantitative estimate of drug-likeness (QED) is 0.661. The van der Waals surface area contributed by atoms with E-state index in [0.717, 1.165) is 44.2 Å². The van der Waals surface area contributed by atoms with Gasteiger partial charge in [-0.15, -0.1) is 0 Å². The van der Waals surface area contributed by atoms with Gasteiger partial charge in [-0.3, -0.25) is 9.59 Å². The number of nitrogens with one attached hydrogen (secondary N) is 1. The number of rotatable bonds is 7. The Hall–Kier alpha value is -2.29. The molecule has 0 radical (unpaired) electrons. The van der Waals surface area contributed by atoms with E-state index in [4.69, 9.17) is 10.5 Å². The maximum atomic E-state index is 13.1. The summed E-state index contributed by atoms with van der Waals surface area (Å²) in [4.78, 5) is 26.9. The van der Waals surface area contributed by atoms with E-state index in [1.54, 1.807) is 4.90 Å². The number of benzene rings is 1. The molecular weight excluding hydrogens is 423 g/mol. The molecule has 3 rings (SSSR count). The first-order valence-corrected chi connectivity index (χ1v) is 11.1. The Morgan fingerprint density at radius 2 is 1.81 bits per heavy atom. The molecule has 2 aliphatic rings. The van der Waals surface area contributed by atoms with Crippen molar-refractivity contribution < 1.29 is 27.5 Å². The number of methoxy groups -OCH3 is 1. The minimum Gasteiger partial charge on any atom is -0.497 e. The number of ether oxygens (including phenoxy) is 1. The number of likely N-dealkylation sites (N-methyl/N-ethyl adjacent to an activating group) is 1. The Balaban J connectivity index is 1.50. The highest BCUT2D eigenvalue weighted by Gasteiger charge is 2.35. The van der Waals surface area contributed by atoms with Crippen LogP contribution in [0.1, 0.15) is 56.1 Å². The molecule has 1 aromatic carbocycles. The van der Waals surface area contributed by atoms with Crippen molar-refractivity contribution in [3.63, 3.8) is 0 Å². The summed E-state index contributed by atoms with van der Waals surface area (Å²) in [6, 6.07) is 3.03. The number of nitrogens with zero attached hydrogens (tertiary/aromatic N) is 1. The molecule has 178 valence electrons. The second kappa shape index (κ2) is 10.1. The molecular formula is C23H32F3N3O3. The van der Waals surface area contributed by atoms with Gasteiger partial charge in [0.2, 0.25) is 11.8 Å². The zero-order chi connectivity index (χ0) is 23.5. The summed E-state index contributed by atoms with van der Waals surface area (Å²) < 4.78 is 44.2. The predicted octanol–water partition coefficient (Wildman–Crippen LogP) is 3.27. The van der Waals surface area contributed by atoms with Gasteiger partial charge in [0, 0.05) is 19.1 Å². The highest BCUT2D eigenvalue weighted by Crippen LogP contribution is 2.33. The molecule has 2 amide bonds. The van der Waals surface area contributed by atoms with Gasteiger partial charge in [-0.1, -0.05) is 0 Å². The van der Waals surface area contributed by atoms with Crippen LogP contribution in [-0.4, -0.2) is 49.0 Å². The molecule has 1 atom stereocenters. The summed E-state index contributed by atoms with van der Waals surface area (Å²) in [6.45, 7) is 0. The standard InChI is InChI=1S/C23H32F3N3O3/c1-29(18-4-3-5-18)22(31)21(27)15-6-8-17(9-7-15)28-20(30)12-14-10-16(23(24,25)26)13-19(11-14)32-2/h10-11,13,15,17-18,21H,3-9,12,27H2,1-2H3,(H,28,30)/t15?,17?,21-/m0/s1. The number of carbonyl (C=O) groups excluding carboxylic acids is 2. The molecule has 2 saturated carbocycles. The molecule has 0 bridgehead atoms. The fourth-order valence-electron chi connectivity index (χ4n) is 4.52. The van der Waals surface area contributed by atoms with Gasteiger partial charge in [0.15, 0.2) is 0 Å². The van der Waals surface area contributed by atoms with E-state index in [0.29, 0.717) is 18.9 Å². The second-order valence-electron chi connectivity index (χ2n) is 8.98. The van der Waals surface area contributed by atoms with Gasteiger partial charge in [0.1, 0.15) is 5.75 Å². The minimum absolute atomic E-state index is 0.0133. The Morgan fingerprint density at radius 3 is 2.34 bits per heavy atom. The van der Waals surface area contributed by atoms with E-state index in [2.05, 4.69) is 5.32 Å². The van der Waals surface area contributed by atoms with Crippen LogP contribution in [0.5, 0.6) is 5.75 Å². The summed E-state index contributed by atoms with van der Waals surface area (Å²) in [6.07, 6.45) is 1.38. The van der Waals surface area contributed by atoms with Crippen molar-refractivity contribution in [3.05, 3.63) is 29.3 Å². The molecule has 0 spiro atoms. The maximum absolute atomic E-state index is 13.1. The first-order valence-electron chi connectivity index (χ1n) is 11.1. The van der Waals surface area contributed by atoms with Gasteiger partial charge in [-0.2, -0.15) is 13.2 Å². The fraction of sp³-hybridized carbons (Fsp3) is 0.652. The van der Waals surface area contributed by atoms with Crippen molar-refractivity contribution in [3.8, 4) is 5.75 Å². The first-order chi connectivity index (χ1) is 15.1. The van der Waals surface area contributed by atoms with Gasteiger partial charge < -0.3 is 20.7 Å². The van der Waals surface area contributed by atoms with Crippen LogP contribution in [0.25, 0.3) is 0 Å². The lowest BCUT2D eigenvalue weighted by Crippen LogP contribution is -2.52. The van der Waals surface area contributed by atoms with E-state index in [1.807, 2.05) is 7.05 Å². The summed E-state index contributed by atoms with van der Waals surface area (Å²) in [5, 5.41) is 2.91. The molecule has 3 N–H and O–H groups in total. The second-order valence-corrected chi connectivity index (χ2v) is 8.98. The molecule has 0 heterocycles. The Kier molecular flexibility index (Phi) is 7.69. The summed E-state index contributed by atoms with van der Waals surface area (Å²) in [7, 11) is 3.11.